The minimum atomic E-state index is 0.546. The molecule has 1 rings (SSSR count). The van der Waals surface area contributed by atoms with Crippen molar-refractivity contribution in [1.82, 2.24) is 9.97 Å². The Morgan fingerprint density at radius 1 is 1.33 bits per heavy atom. The highest BCUT2D eigenvalue weighted by Gasteiger charge is 2.08. The largest absolute Gasteiger partial charge is 0.383 e. The molecule has 1 aromatic heterocycles. The van der Waals surface area contributed by atoms with Crippen molar-refractivity contribution in [3.8, 4) is 0 Å². The van der Waals surface area contributed by atoms with Crippen LogP contribution in [0.25, 0.3) is 0 Å². The summed E-state index contributed by atoms with van der Waals surface area (Å²) in [6, 6.07) is 0. The third kappa shape index (κ3) is 3.08. The molecule has 0 spiro atoms. The molecule has 1 unspecified atom stereocenters. The van der Waals surface area contributed by atoms with Gasteiger partial charge in [0.25, 0.3) is 0 Å². The highest BCUT2D eigenvalue weighted by molar-refractivity contribution is 5.53. The fraction of sp³-hybridized carbons (Fsp3) is 0.636. The minimum absolute atomic E-state index is 0.546. The molecule has 1 heterocycles. The first-order valence-corrected chi connectivity index (χ1v) is 5.33. The lowest BCUT2D eigenvalue weighted by Crippen LogP contribution is -2.17. The molecule has 4 heteroatoms. The number of rotatable bonds is 4. The molecular formula is C11H20N4. The van der Waals surface area contributed by atoms with Crippen LogP contribution in [-0.2, 0) is 0 Å². The van der Waals surface area contributed by atoms with Gasteiger partial charge in [-0.05, 0) is 18.8 Å². The first kappa shape index (κ1) is 11.8. The van der Waals surface area contributed by atoms with Gasteiger partial charge in [0.15, 0.2) is 0 Å². The van der Waals surface area contributed by atoms with E-state index in [1.54, 1.807) is 0 Å². The standard InChI is InChI=1S/C11H20N4/c1-7(2)8(3)5-13-11-9(4)10(12)14-6-15-11/h6-8H,5H2,1-4H3,(H3,12,13,14,15). The van der Waals surface area contributed by atoms with E-state index < -0.39 is 0 Å². The monoisotopic (exact) mass is 208 g/mol. The van der Waals surface area contributed by atoms with Gasteiger partial charge >= 0.3 is 0 Å². The van der Waals surface area contributed by atoms with E-state index >= 15 is 0 Å². The first-order chi connectivity index (χ1) is 7.02. The Hall–Kier alpha value is -1.32. The van der Waals surface area contributed by atoms with Crippen LogP contribution >= 0.6 is 0 Å². The van der Waals surface area contributed by atoms with E-state index in [0.29, 0.717) is 17.7 Å². The van der Waals surface area contributed by atoms with Crippen LogP contribution < -0.4 is 11.1 Å². The molecule has 4 nitrogen and oxygen atoms in total. The number of nitrogens with two attached hydrogens (primary N) is 1. The molecule has 0 radical (unpaired) electrons. The Bertz CT molecular complexity index is 322. The summed E-state index contributed by atoms with van der Waals surface area (Å²) in [6.07, 6.45) is 1.49. The normalized spacial score (nSPS) is 12.9. The Labute approximate surface area is 91.3 Å². The van der Waals surface area contributed by atoms with Gasteiger partial charge in [0.1, 0.15) is 18.0 Å². The maximum absolute atomic E-state index is 5.70. The van der Waals surface area contributed by atoms with Gasteiger partial charge in [-0.2, -0.15) is 0 Å². The zero-order valence-electron chi connectivity index (χ0n) is 9.91. The maximum Gasteiger partial charge on any atom is 0.134 e. The summed E-state index contributed by atoms with van der Waals surface area (Å²) in [5.74, 6) is 2.66. The summed E-state index contributed by atoms with van der Waals surface area (Å²) in [5.41, 5.74) is 6.62. The number of anilines is 2. The van der Waals surface area contributed by atoms with Gasteiger partial charge in [0.05, 0.1) is 0 Å². The van der Waals surface area contributed by atoms with Gasteiger partial charge in [-0.25, -0.2) is 9.97 Å². The molecule has 3 N–H and O–H groups in total. The number of aromatic nitrogens is 2. The zero-order chi connectivity index (χ0) is 11.4. The first-order valence-electron chi connectivity index (χ1n) is 5.33. The molecule has 0 fully saturated rings. The van der Waals surface area contributed by atoms with E-state index in [-0.39, 0.29) is 0 Å². The molecule has 0 aliphatic heterocycles. The Morgan fingerprint density at radius 2 is 2.00 bits per heavy atom. The van der Waals surface area contributed by atoms with Gasteiger partial charge in [0.2, 0.25) is 0 Å². The highest BCUT2D eigenvalue weighted by atomic mass is 15.0. The molecule has 1 aromatic rings. The predicted octanol–water partition coefficient (Wildman–Crippen LogP) is 2.07. The fourth-order valence-corrected chi connectivity index (χ4v) is 1.14. The number of nitrogen functional groups attached to an aromatic ring is 1. The summed E-state index contributed by atoms with van der Waals surface area (Å²) in [6.45, 7) is 9.49. The highest BCUT2D eigenvalue weighted by Crippen LogP contribution is 2.16. The molecule has 15 heavy (non-hydrogen) atoms. The summed E-state index contributed by atoms with van der Waals surface area (Å²) < 4.78 is 0. The third-order valence-electron chi connectivity index (χ3n) is 2.85. The van der Waals surface area contributed by atoms with Crippen molar-refractivity contribution in [3.05, 3.63) is 11.9 Å². The second-order valence-electron chi connectivity index (χ2n) is 4.33. The number of hydrogen-bond acceptors (Lipinski definition) is 4. The van der Waals surface area contributed by atoms with E-state index in [9.17, 15) is 0 Å². The molecule has 0 aromatic carbocycles. The third-order valence-corrected chi connectivity index (χ3v) is 2.85. The smallest absolute Gasteiger partial charge is 0.134 e. The van der Waals surface area contributed by atoms with Crippen LogP contribution in [0.1, 0.15) is 26.3 Å². The van der Waals surface area contributed by atoms with Crippen molar-refractivity contribution in [3.63, 3.8) is 0 Å². The minimum Gasteiger partial charge on any atom is -0.383 e. The quantitative estimate of drug-likeness (QED) is 0.795. The Kier molecular flexibility index (Phi) is 3.88. The average Bonchev–Trinajstić information content (AvgIpc) is 2.19. The molecular weight excluding hydrogens is 188 g/mol. The van der Waals surface area contributed by atoms with Crippen molar-refractivity contribution in [2.45, 2.75) is 27.7 Å². The Morgan fingerprint density at radius 3 is 2.60 bits per heavy atom. The lowest BCUT2D eigenvalue weighted by molar-refractivity contribution is 0.439. The molecule has 0 saturated heterocycles. The molecule has 1 atom stereocenters. The van der Waals surface area contributed by atoms with Crippen molar-refractivity contribution in [2.75, 3.05) is 17.6 Å². The summed E-state index contributed by atoms with van der Waals surface area (Å²) >= 11 is 0. The average molecular weight is 208 g/mol. The number of nitrogens with zero attached hydrogens (tertiary/aromatic N) is 2. The van der Waals surface area contributed by atoms with E-state index in [4.69, 9.17) is 5.73 Å². The fourth-order valence-electron chi connectivity index (χ4n) is 1.14. The topological polar surface area (TPSA) is 63.8 Å². The van der Waals surface area contributed by atoms with Gasteiger partial charge in [-0.15, -0.1) is 0 Å². The van der Waals surface area contributed by atoms with Crippen LogP contribution in [0.4, 0.5) is 11.6 Å². The molecule has 0 saturated carbocycles. The second-order valence-corrected chi connectivity index (χ2v) is 4.33. The van der Waals surface area contributed by atoms with E-state index in [0.717, 1.165) is 17.9 Å². The van der Waals surface area contributed by atoms with E-state index in [1.165, 1.54) is 6.33 Å². The van der Waals surface area contributed by atoms with Crippen LogP contribution in [0.5, 0.6) is 0 Å². The zero-order valence-corrected chi connectivity index (χ0v) is 9.91. The van der Waals surface area contributed by atoms with Crippen LogP contribution in [-0.4, -0.2) is 16.5 Å². The molecule has 0 amide bonds. The maximum atomic E-state index is 5.70. The number of nitrogens with one attached hydrogen (secondary N) is 1. The Balaban J connectivity index is 2.62. The van der Waals surface area contributed by atoms with Crippen LogP contribution in [0.3, 0.4) is 0 Å². The van der Waals surface area contributed by atoms with Gasteiger partial charge in [-0.1, -0.05) is 20.8 Å². The van der Waals surface area contributed by atoms with E-state index in [1.807, 2.05) is 6.92 Å². The van der Waals surface area contributed by atoms with Gasteiger partial charge < -0.3 is 11.1 Å². The van der Waals surface area contributed by atoms with Crippen molar-refractivity contribution < 1.29 is 0 Å². The van der Waals surface area contributed by atoms with Crippen LogP contribution in [0.15, 0.2) is 6.33 Å². The SMILES string of the molecule is Cc1c(N)ncnc1NCC(C)C(C)C. The molecule has 0 bridgehead atoms. The second kappa shape index (κ2) is 4.96. The number of hydrogen-bond donors (Lipinski definition) is 2. The van der Waals surface area contributed by atoms with Crippen molar-refractivity contribution >= 4 is 11.6 Å². The summed E-state index contributed by atoms with van der Waals surface area (Å²) in [4.78, 5) is 8.10. The van der Waals surface area contributed by atoms with Crippen molar-refractivity contribution in [1.29, 1.82) is 0 Å². The lowest BCUT2D eigenvalue weighted by Gasteiger charge is -2.17. The van der Waals surface area contributed by atoms with Gasteiger partial charge in [0, 0.05) is 12.1 Å². The molecule has 0 aliphatic rings. The van der Waals surface area contributed by atoms with E-state index in [2.05, 4.69) is 36.1 Å². The molecule has 84 valence electrons. The predicted molar refractivity (Wildman–Crippen MR) is 63.7 cm³/mol. The van der Waals surface area contributed by atoms with Crippen LogP contribution in [0.2, 0.25) is 0 Å². The summed E-state index contributed by atoms with van der Waals surface area (Å²) in [5, 5.41) is 3.30. The molecule has 0 aliphatic carbocycles. The lowest BCUT2D eigenvalue weighted by atomic mass is 9.98. The van der Waals surface area contributed by atoms with Gasteiger partial charge in [-0.3, -0.25) is 0 Å². The van der Waals surface area contributed by atoms with Crippen molar-refractivity contribution in [2.24, 2.45) is 11.8 Å². The van der Waals surface area contributed by atoms with Crippen LogP contribution in [0, 0.1) is 18.8 Å². The summed E-state index contributed by atoms with van der Waals surface area (Å²) in [7, 11) is 0.